The Kier molecular flexibility index (Phi) is 5.35. The first-order valence-electron chi connectivity index (χ1n) is 8.65. The lowest BCUT2D eigenvalue weighted by Gasteiger charge is -2.30. The summed E-state index contributed by atoms with van der Waals surface area (Å²) in [5.74, 6) is 0.0271. The summed E-state index contributed by atoms with van der Waals surface area (Å²) in [7, 11) is 3.71. The van der Waals surface area contributed by atoms with Crippen molar-refractivity contribution >= 4 is 5.91 Å². The van der Waals surface area contributed by atoms with Crippen molar-refractivity contribution in [3.63, 3.8) is 0 Å². The summed E-state index contributed by atoms with van der Waals surface area (Å²) in [5.41, 5.74) is 1.72. The Balaban J connectivity index is 1.82. The summed E-state index contributed by atoms with van der Waals surface area (Å²) < 4.78 is 8.96. The maximum Gasteiger partial charge on any atom is 0.274 e. The van der Waals surface area contributed by atoms with E-state index in [1.807, 2.05) is 36.5 Å². The largest absolute Gasteiger partial charge is 0.383 e. The van der Waals surface area contributed by atoms with E-state index in [4.69, 9.17) is 4.74 Å². The lowest BCUT2D eigenvalue weighted by molar-refractivity contribution is 0.0667. The van der Waals surface area contributed by atoms with Crippen LogP contribution in [0.5, 0.6) is 0 Å². The molecule has 24 heavy (non-hydrogen) atoms. The van der Waals surface area contributed by atoms with Crippen LogP contribution >= 0.6 is 0 Å². The van der Waals surface area contributed by atoms with Gasteiger partial charge in [0.1, 0.15) is 5.69 Å². The van der Waals surface area contributed by atoms with E-state index in [1.54, 1.807) is 11.8 Å². The molecule has 0 aliphatic carbocycles. The molecular formula is C18H26N4O2. The fourth-order valence-electron chi connectivity index (χ4n) is 3.41. The average Bonchev–Trinajstić information content (AvgIpc) is 3.15. The number of aromatic nitrogens is 3. The summed E-state index contributed by atoms with van der Waals surface area (Å²) in [5, 5.41) is 4.43. The summed E-state index contributed by atoms with van der Waals surface area (Å²) in [4.78, 5) is 15.1. The number of amides is 1. The van der Waals surface area contributed by atoms with Gasteiger partial charge in [0.15, 0.2) is 0 Å². The van der Waals surface area contributed by atoms with Crippen LogP contribution < -0.4 is 0 Å². The van der Waals surface area contributed by atoms with E-state index in [1.165, 1.54) is 12.1 Å². The first-order valence-corrected chi connectivity index (χ1v) is 8.65. The zero-order valence-corrected chi connectivity index (χ0v) is 14.5. The molecule has 1 aliphatic rings. The van der Waals surface area contributed by atoms with Crippen LogP contribution in [0.2, 0.25) is 0 Å². The third-order valence-corrected chi connectivity index (χ3v) is 4.72. The van der Waals surface area contributed by atoms with Gasteiger partial charge in [0, 0.05) is 38.8 Å². The fourth-order valence-corrected chi connectivity index (χ4v) is 3.41. The third kappa shape index (κ3) is 3.53. The predicted molar refractivity (Wildman–Crippen MR) is 91.8 cm³/mol. The van der Waals surface area contributed by atoms with Crippen molar-refractivity contribution in [3.05, 3.63) is 42.0 Å². The number of nitrogens with zero attached hydrogens (tertiary/aromatic N) is 4. The van der Waals surface area contributed by atoms with Crippen molar-refractivity contribution in [2.75, 3.05) is 20.3 Å². The Hall–Kier alpha value is -2.08. The topological polar surface area (TPSA) is 52.3 Å². The van der Waals surface area contributed by atoms with Crippen molar-refractivity contribution in [3.8, 4) is 0 Å². The zero-order chi connectivity index (χ0) is 16.9. The van der Waals surface area contributed by atoms with E-state index >= 15 is 0 Å². The zero-order valence-electron chi connectivity index (χ0n) is 14.5. The van der Waals surface area contributed by atoms with Gasteiger partial charge in [-0.15, -0.1) is 0 Å². The number of carbonyl (C=O) groups excluding carboxylic acids is 1. The van der Waals surface area contributed by atoms with Crippen LogP contribution in [0.15, 0.2) is 30.6 Å². The number of ether oxygens (including phenoxy) is 1. The first kappa shape index (κ1) is 16.8. The van der Waals surface area contributed by atoms with Crippen LogP contribution in [-0.4, -0.2) is 45.4 Å². The fraction of sp³-hybridized carbons (Fsp3) is 0.556. The molecule has 3 heterocycles. The minimum Gasteiger partial charge on any atom is -0.383 e. The maximum absolute atomic E-state index is 13.1. The van der Waals surface area contributed by atoms with Gasteiger partial charge in [0.25, 0.3) is 5.91 Å². The van der Waals surface area contributed by atoms with Gasteiger partial charge in [-0.1, -0.05) is 12.8 Å². The lowest BCUT2D eigenvalue weighted by Crippen LogP contribution is -2.36. The Bertz CT molecular complexity index is 676. The molecule has 1 amide bonds. The highest BCUT2D eigenvalue weighted by Crippen LogP contribution is 2.31. The molecule has 2 aromatic rings. The second kappa shape index (κ2) is 7.66. The van der Waals surface area contributed by atoms with Crippen LogP contribution in [-0.2, 0) is 18.3 Å². The minimum atomic E-state index is 0.0271. The summed E-state index contributed by atoms with van der Waals surface area (Å²) in [6.45, 7) is 2.04. The highest BCUT2D eigenvalue weighted by Gasteiger charge is 2.29. The molecule has 2 aromatic heterocycles. The predicted octanol–water partition coefficient (Wildman–Crippen LogP) is 2.63. The quantitative estimate of drug-likeness (QED) is 0.847. The first-order chi connectivity index (χ1) is 11.7. The Morgan fingerprint density at radius 2 is 2.17 bits per heavy atom. The van der Waals surface area contributed by atoms with Crippen molar-refractivity contribution in [1.29, 1.82) is 0 Å². The van der Waals surface area contributed by atoms with Crippen LogP contribution in [0.4, 0.5) is 0 Å². The van der Waals surface area contributed by atoms with Crippen molar-refractivity contribution < 1.29 is 9.53 Å². The molecule has 6 nitrogen and oxygen atoms in total. The van der Waals surface area contributed by atoms with Gasteiger partial charge >= 0.3 is 0 Å². The van der Waals surface area contributed by atoms with Gasteiger partial charge in [-0.2, -0.15) is 5.10 Å². The molecule has 0 spiro atoms. The van der Waals surface area contributed by atoms with E-state index in [0.29, 0.717) is 18.8 Å². The van der Waals surface area contributed by atoms with E-state index in [2.05, 4.69) is 15.7 Å². The molecule has 0 N–H and O–H groups in total. The Labute approximate surface area is 143 Å². The molecule has 6 heteroatoms. The summed E-state index contributed by atoms with van der Waals surface area (Å²) >= 11 is 0. The second-order valence-corrected chi connectivity index (χ2v) is 6.36. The van der Waals surface area contributed by atoms with Gasteiger partial charge in [0.2, 0.25) is 0 Å². The number of likely N-dealkylation sites (tertiary alicyclic amines) is 1. The number of carbonyl (C=O) groups is 1. The molecule has 1 aliphatic heterocycles. The van der Waals surface area contributed by atoms with Crippen molar-refractivity contribution in [1.82, 2.24) is 19.2 Å². The standard InChI is InChI=1S/C18H26N4O2/c1-20-10-6-8-16(20)17-7-4-3-5-11-22(17)18(23)15-9-12-21(19-15)13-14-24-2/h6,8-10,12,17H,3-5,7,11,13-14H2,1-2H3/t17-/m1/s1. The number of rotatable bonds is 5. The minimum absolute atomic E-state index is 0.0271. The number of hydrogen-bond donors (Lipinski definition) is 0. The van der Waals surface area contributed by atoms with Crippen LogP contribution in [0.3, 0.4) is 0 Å². The van der Waals surface area contributed by atoms with Crippen molar-refractivity contribution in [2.45, 2.75) is 38.3 Å². The van der Waals surface area contributed by atoms with Crippen LogP contribution in [0.25, 0.3) is 0 Å². The Morgan fingerprint density at radius 3 is 2.92 bits per heavy atom. The van der Waals surface area contributed by atoms with Gasteiger partial charge in [-0.25, -0.2) is 0 Å². The van der Waals surface area contributed by atoms with Crippen LogP contribution in [0.1, 0.15) is 47.9 Å². The Morgan fingerprint density at radius 1 is 1.29 bits per heavy atom. The van der Waals surface area contributed by atoms with Gasteiger partial charge in [0.05, 0.1) is 19.2 Å². The van der Waals surface area contributed by atoms with E-state index in [0.717, 1.165) is 25.8 Å². The lowest BCUT2D eigenvalue weighted by atomic mass is 10.1. The molecule has 0 saturated carbocycles. The van der Waals surface area contributed by atoms with Crippen molar-refractivity contribution in [2.24, 2.45) is 7.05 Å². The smallest absolute Gasteiger partial charge is 0.274 e. The monoisotopic (exact) mass is 330 g/mol. The summed E-state index contributed by atoms with van der Waals surface area (Å²) in [6.07, 6.45) is 8.28. The number of methoxy groups -OCH3 is 1. The third-order valence-electron chi connectivity index (χ3n) is 4.72. The molecule has 1 atom stereocenters. The molecule has 0 radical (unpaired) electrons. The highest BCUT2D eigenvalue weighted by molar-refractivity contribution is 5.92. The average molecular weight is 330 g/mol. The molecule has 0 aromatic carbocycles. The molecule has 0 unspecified atom stereocenters. The summed E-state index contributed by atoms with van der Waals surface area (Å²) in [6, 6.07) is 6.10. The van der Waals surface area contributed by atoms with Gasteiger partial charge < -0.3 is 14.2 Å². The molecule has 3 rings (SSSR count). The SMILES string of the molecule is COCCn1ccc(C(=O)N2CCCCC[C@@H]2c2cccn2C)n1. The van der Waals surface area contributed by atoms with E-state index < -0.39 is 0 Å². The van der Waals surface area contributed by atoms with Crippen LogP contribution in [0, 0.1) is 0 Å². The molecule has 130 valence electrons. The maximum atomic E-state index is 13.1. The molecule has 1 fully saturated rings. The second-order valence-electron chi connectivity index (χ2n) is 6.36. The van der Waals surface area contributed by atoms with E-state index in [9.17, 15) is 4.79 Å². The number of hydrogen-bond acceptors (Lipinski definition) is 3. The van der Waals surface area contributed by atoms with Gasteiger partial charge in [-0.3, -0.25) is 9.48 Å². The highest BCUT2D eigenvalue weighted by atomic mass is 16.5. The van der Waals surface area contributed by atoms with Gasteiger partial charge in [-0.05, 0) is 31.0 Å². The normalized spacial score (nSPS) is 18.6. The molecule has 0 bridgehead atoms. The number of aryl methyl sites for hydroxylation is 1. The molecular weight excluding hydrogens is 304 g/mol. The molecule has 1 saturated heterocycles. The van der Waals surface area contributed by atoms with E-state index in [-0.39, 0.29) is 11.9 Å².